The second kappa shape index (κ2) is 14.7. The molecule has 2 N–H and O–H groups in total. The molecule has 0 radical (unpaired) electrons. The highest BCUT2D eigenvalue weighted by molar-refractivity contribution is 7.89. The van der Waals surface area contributed by atoms with Crippen LogP contribution in [0.15, 0.2) is 89.8 Å². The van der Waals surface area contributed by atoms with E-state index >= 15 is 0 Å². The van der Waals surface area contributed by atoms with E-state index in [4.69, 9.17) is 9.47 Å². The third kappa shape index (κ3) is 9.38. The van der Waals surface area contributed by atoms with E-state index in [0.29, 0.717) is 18.8 Å². The fraction of sp³-hybridized carbons (Fsp3) is 0.367. The summed E-state index contributed by atoms with van der Waals surface area (Å²) in [5.41, 5.74) is 1.71. The first-order valence-corrected chi connectivity index (χ1v) is 14.5. The van der Waals surface area contributed by atoms with Crippen LogP contribution in [0, 0.1) is 5.92 Å². The topological polar surface area (TPSA) is 105 Å². The lowest BCUT2D eigenvalue weighted by molar-refractivity contribution is 0.0873. The second-order valence-electron chi connectivity index (χ2n) is 9.69. The van der Waals surface area contributed by atoms with Crippen molar-refractivity contribution < 1.29 is 27.8 Å². The molecule has 2 atom stereocenters. The number of hydrogen-bond acceptors (Lipinski definition) is 6. The van der Waals surface area contributed by atoms with Gasteiger partial charge in [0.1, 0.15) is 12.4 Å². The lowest BCUT2D eigenvalue weighted by Gasteiger charge is -2.30. The fourth-order valence-electron chi connectivity index (χ4n) is 4.10. The summed E-state index contributed by atoms with van der Waals surface area (Å²) in [7, 11) is -3.93. The highest BCUT2D eigenvalue weighted by Crippen LogP contribution is 2.22. The average Bonchev–Trinajstić information content (AvgIpc) is 2.92. The zero-order valence-corrected chi connectivity index (χ0v) is 23.5. The zero-order valence-electron chi connectivity index (χ0n) is 22.7. The SMILES string of the molecule is CCOc1ccc(S(=O)(=O)N(CC(C)C)CC(O)C(Cc2ccccc2)NC(=O)OCc2ccccc2)cc1. The number of ether oxygens (including phenoxy) is 2. The van der Waals surface area contributed by atoms with E-state index in [9.17, 15) is 18.3 Å². The first-order chi connectivity index (χ1) is 18.7. The summed E-state index contributed by atoms with van der Waals surface area (Å²) in [5, 5.41) is 14.1. The minimum Gasteiger partial charge on any atom is -0.494 e. The Kier molecular flexibility index (Phi) is 11.3. The molecule has 0 aliphatic rings. The Balaban J connectivity index is 1.79. The molecule has 0 fully saturated rings. The van der Waals surface area contributed by atoms with E-state index in [2.05, 4.69) is 5.32 Å². The number of hydrogen-bond donors (Lipinski definition) is 2. The minimum absolute atomic E-state index is 0.00560. The van der Waals surface area contributed by atoms with Crippen LogP contribution in [0.3, 0.4) is 0 Å². The predicted octanol–water partition coefficient (Wildman–Crippen LogP) is 4.63. The number of aliphatic hydroxyl groups excluding tert-OH is 1. The summed E-state index contributed by atoms with van der Waals surface area (Å²) in [6.07, 6.45) is -1.60. The van der Waals surface area contributed by atoms with E-state index < -0.39 is 28.3 Å². The summed E-state index contributed by atoms with van der Waals surface area (Å²) in [5.74, 6) is 0.582. The van der Waals surface area contributed by atoms with Gasteiger partial charge in [0.25, 0.3) is 0 Å². The number of nitrogens with zero attached hydrogens (tertiary/aromatic N) is 1. The number of aliphatic hydroxyl groups is 1. The minimum atomic E-state index is -3.93. The van der Waals surface area contributed by atoms with Crippen molar-refractivity contribution in [3.8, 4) is 5.75 Å². The predicted molar refractivity (Wildman–Crippen MR) is 151 cm³/mol. The molecule has 0 heterocycles. The summed E-state index contributed by atoms with van der Waals surface area (Å²) < 4.78 is 39.3. The van der Waals surface area contributed by atoms with Crippen LogP contribution < -0.4 is 10.1 Å². The van der Waals surface area contributed by atoms with Crippen molar-refractivity contribution in [3.63, 3.8) is 0 Å². The van der Waals surface area contributed by atoms with Gasteiger partial charge in [-0.1, -0.05) is 74.5 Å². The molecule has 0 bridgehead atoms. The summed E-state index contributed by atoms with van der Waals surface area (Å²) >= 11 is 0. The molecule has 0 aliphatic heterocycles. The Morgan fingerprint density at radius 2 is 1.49 bits per heavy atom. The maximum absolute atomic E-state index is 13.6. The monoisotopic (exact) mass is 554 g/mol. The van der Waals surface area contributed by atoms with Crippen LogP contribution in [0.2, 0.25) is 0 Å². The van der Waals surface area contributed by atoms with Crippen molar-refractivity contribution in [1.29, 1.82) is 0 Å². The number of sulfonamides is 1. The van der Waals surface area contributed by atoms with Crippen LogP contribution in [0.1, 0.15) is 31.9 Å². The molecule has 0 saturated heterocycles. The highest BCUT2D eigenvalue weighted by Gasteiger charge is 2.31. The molecular weight excluding hydrogens is 516 g/mol. The number of nitrogens with one attached hydrogen (secondary N) is 1. The number of benzene rings is 3. The van der Waals surface area contributed by atoms with Gasteiger partial charge in [-0.2, -0.15) is 4.31 Å². The number of rotatable bonds is 14. The van der Waals surface area contributed by atoms with Crippen LogP contribution in [0.25, 0.3) is 0 Å². The van der Waals surface area contributed by atoms with Crippen LogP contribution in [0.5, 0.6) is 5.75 Å². The van der Waals surface area contributed by atoms with Gasteiger partial charge < -0.3 is 19.9 Å². The number of carbonyl (C=O) groups is 1. The van der Waals surface area contributed by atoms with Crippen molar-refractivity contribution >= 4 is 16.1 Å². The molecule has 3 rings (SSSR count). The summed E-state index contributed by atoms with van der Waals surface area (Å²) in [4.78, 5) is 12.8. The summed E-state index contributed by atoms with van der Waals surface area (Å²) in [6, 6.07) is 24.1. The maximum Gasteiger partial charge on any atom is 0.407 e. The van der Waals surface area contributed by atoms with E-state index in [1.807, 2.05) is 81.4 Å². The van der Waals surface area contributed by atoms with E-state index in [-0.39, 0.29) is 30.5 Å². The van der Waals surface area contributed by atoms with E-state index in [1.54, 1.807) is 12.1 Å². The largest absolute Gasteiger partial charge is 0.494 e. The van der Waals surface area contributed by atoms with Gasteiger partial charge in [0.15, 0.2) is 0 Å². The van der Waals surface area contributed by atoms with Gasteiger partial charge in [0, 0.05) is 13.1 Å². The van der Waals surface area contributed by atoms with Crippen LogP contribution in [-0.4, -0.2) is 55.8 Å². The second-order valence-corrected chi connectivity index (χ2v) is 11.6. The fourth-order valence-corrected chi connectivity index (χ4v) is 5.73. The molecular formula is C30H38N2O6S. The third-order valence-corrected chi connectivity index (χ3v) is 7.86. The molecule has 8 nitrogen and oxygen atoms in total. The third-order valence-electron chi connectivity index (χ3n) is 6.01. The number of alkyl carbamates (subject to hydrolysis) is 1. The van der Waals surface area contributed by atoms with E-state index in [0.717, 1.165) is 11.1 Å². The number of amides is 1. The smallest absolute Gasteiger partial charge is 0.407 e. The van der Waals surface area contributed by atoms with Crippen LogP contribution >= 0.6 is 0 Å². The zero-order chi connectivity index (χ0) is 28.3. The molecule has 0 aromatic heterocycles. The summed E-state index contributed by atoms with van der Waals surface area (Å²) in [6.45, 7) is 6.22. The van der Waals surface area contributed by atoms with Crippen molar-refractivity contribution in [2.24, 2.45) is 5.92 Å². The molecule has 0 aliphatic carbocycles. The van der Waals surface area contributed by atoms with E-state index in [1.165, 1.54) is 16.4 Å². The Bertz CT molecular complexity index is 1250. The van der Waals surface area contributed by atoms with Crippen molar-refractivity contribution in [3.05, 3.63) is 96.1 Å². The lowest BCUT2D eigenvalue weighted by Crippen LogP contribution is -2.51. The van der Waals surface area contributed by atoms with Crippen molar-refractivity contribution in [1.82, 2.24) is 9.62 Å². The lowest BCUT2D eigenvalue weighted by atomic mass is 10.0. The Morgan fingerprint density at radius 1 is 0.897 bits per heavy atom. The molecule has 3 aromatic rings. The molecule has 2 unspecified atom stereocenters. The molecule has 210 valence electrons. The Morgan fingerprint density at radius 3 is 2.05 bits per heavy atom. The van der Waals surface area contributed by atoms with Gasteiger partial charge in [0.2, 0.25) is 10.0 Å². The van der Waals surface area contributed by atoms with Crippen LogP contribution in [-0.2, 0) is 27.8 Å². The molecule has 0 spiro atoms. The van der Waals surface area contributed by atoms with Gasteiger partial charge in [-0.25, -0.2) is 13.2 Å². The Labute approximate surface area is 231 Å². The molecule has 39 heavy (non-hydrogen) atoms. The van der Waals surface area contributed by atoms with Crippen LogP contribution in [0.4, 0.5) is 4.79 Å². The Hall–Kier alpha value is -3.40. The van der Waals surface area contributed by atoms with Gasteiger partial charge in [0.05, 0.1) is 23.6 Å². The van der Waals surface area contributed by atoms with Gasteiger partial charge in [-0.3, -0.25) is 0 Å². The van der Waals surface area contributed by atoms with Gasteiger partial charge in [-0.05, 0) is 54.7 Å². The molecule has 0 saturated carbocycles. The van der Waals surface area contributed by atoms with Gasteiger partial charge >= 0.3 is 6.09 Å². The standard InChI is InChI=1S/C30H38N2O6S/c1-4-37-26-15-17-27(18-16-26)39(35,36)32(20-23(2)3)21-29(33)28(19-24-11-7-5-8-12-24)31-30(34)38-22-25-13-9-6-10-14-25/h5-18,23,28-29,33H,4,19-22H2,1-3H3,(H,31,34). The first-order valence-electron chi connectivity index (χ1n) is 13.1. The molecule has 1 amide bonds. The van der Waals surface area contributed by atoms with Crippen molar-refractivity contribution in [2.75, 3.05) is 19.7 Å². The van der Waals surface area contributed by atoms with Gasteiger partial charge in [-0.15, -0.1) is 0 Å². The van der Waals surface area contributed by atoms with Crippen molar-refractivity contribution in [2.45, 2.75) is 50.8 Å². The molecule has 3 aromatic carbocycles. The normalized spacial score (nSPS) is 13.2. The average molecular weight is 555 g/mol. The number of carbonyl (C=O) groups excluding carboxylic acids is 1. The molecule has 9 heteroatoms. The first kappa shape index (κ1) is 30.1. The highest BCUT2D eigenvalue weighted by atomic mass is 32.2. The maximum atomic E-state index is 13.6. The quantitative estimate of drug-likeness (QED) is 0.301.